The van der Waals surface area contributed by atoms with Gasteiger partial charge in [-0.15, -0.1) is 0 Å². The molecule has 27 heavy (non-hydrogen) atoms. The van der Waals surface area contributed by atoms with E-state index in [-0.39, 0.29) is 17.1 Å². The van der Waals surface area contributed by atoms with Crippen LogP contribution in [-0.2, 0) is 22.6 Å². The summed E-state index contributed by atoms with van der Waals surface area (Å²) in [4.78, 5) is 10.2. The van der Waals surface area contributed by atoms with Crippen LogP contribution in [0.4, 0.5) is 24.5 Å². The van der Waals surface area contributed by atoms with Gasteiger partial charge in [-0.2, -0.15) is 13.2 Å². The van der Waals surface area contributed by atoms with E-state index >= 15 is 0 Å². The number of nitrogens with one attached hydrogen (secondary N) is 2. The summed E-state index contributed by atoms with van der Waals surface area (Å²) < 4.78 is 63.2. The normalized spacial score (nSPS) is 12.0. The topological polar surface area (TPSA) is 101 Å². The van der Waals surface area contributed by atoms with Gasteiger partial charge in [-0.3, -0.25) is 10.1 Å². The highest BCUT2D eigenvalue weighted by molar-refractivity contribution is 7.89. The van der Waals surface area contributed by atoms with Crippen LogP contribution in [0.3, 0.4) is 0 Å². The molecule has 0 unspecified atom stereocenters. The molecule has 146 valence electrons. The van der Waals surface area contributed by atoms with Crippen LogP contribution in [0.2, 0.25) is 0 Å². The first-order chi connectivity index (χ1) is 12.5. The van der Waals surface area contributed by atoms with Gasteiger partial charge in [0.1, 0.15) is 5.69 Å². The lowest BCUT2D eigenvalue weighted by molar-refractivity contribution is -0.384. The van der Waals surface area contributed by atoms with Crippen molar-refractivity contribution < 1.29 is 26.5 Å². The molecule has 7 nitrogen and oxygen atoms in total. The van der Waals surface area contributed by atoms with Gasteiger partial charge in [0, 0.05) is 12.6 Å². The van der Waals surface area contributed by atoms with Crippen molar-refractivity contribution in [1.82, 2.24) is 4.72 Å². The Morgan fingerprint density at radius 3 is 2.26 bits per heavy atom. The fraction of sp³-hybridized carbons (Fsp3) is 0.250. The Hall–Kier alpha value is -2.66. The second-order valence-corrected chi connectivity index (χ2v) is 7.40. The molecule has 2 rings (SSSR count). The number of halogens is 3. The summed E-state index contributed by atoms with van der Waals surface area (Å²) in [6, 6.07) is 8.04. The summed E-state index contributed by atoms with van der Waals surface area (Å²) in [5.41, 5.74) is -0.440. The summed E-state index contributed by atoms with van der Waals surface area (Å²) in [6.07, 6.45) is -4.08. The molecule has 2 N–H and O–H groups in total. The number of alkyl halides is 3. The summed E-state index contributed by atoms with van der Waals surface area (Å²) in [5, 5.41) is 14.0. The predicted octanol–water partition coefficient (Wildman–Crippen LogP) is 3.18. The maximum Gasteiger partial charge on any atom is 0.416 e. The van der Waals surface area contributed by atoms with Crippen molar-refractivity contribution in [3.8, 4) is 0 Å². The van der Waals surface area contributed by atoms with Crippen LogP contribution >= 0.6 is 0 Å². The van der Waals surface area contributed by atoms with Crippen LogP contribution in [0.25, 0.3) is 0 Å². The van der Waals surface area contributed by atoms with Gasteiger partial charge in [-0.1, -0.05) is 12.1 Å². The summed E-state index contributed by atoms with van der Waals surface area (Å²) in [7, 11) is -2.63. The van der Waals surface area contributed by atoms with Crippen molar-refractivity contribution in [3.05, 3.63) is 63.7 Å². The molecular formula is C16H16F3N3O4S. The second-order valence-electron chi connectivity index (χ2n) is 5.52. The molecule has 11 heteroatoms. The SMILES string of the molecule is CNS(=O)(=O)c1ccc(NCCc2ccc(C(F)(F)F)cc2)c([N+](=O)[O-])c1. The van der Waals surface area contributed by atoms with Gasteiger partial charge in [-0.25, -0.2) is 13.1 Å². The molecule has 0 saturated carbocycles. The maximum absolute atomic E-state index is 12.5. The fourth-order valence-electron chi connectivity index (χ4n) is 2.30. The van der Waals surface area contributed by atoms with E-state index in [1.54, 1.807) is 0 Å². The number of nitro benzene ring substituents is 1. The van der Waals surface area contributed by atoms with Crippen molar-refractivity contribution in [1.29, 1.82) is 0 Å². The van der Waals surface area contributed by atoms with E-state index < -0.39 is 32.4 Å². The first-order valence-corrected chi connectivity index (χ1v) is 9.15. The number of benzene rings is 2. The van der Waals surface area contributed by atoms with Gasteiger partial charge in [0.25, 0.3) is 5.69 Å². The number of anilines is 1. The lowest BCUT2D eigenvalue weighted by atomic mass is 10.1. The van der Waals surface area contributed by atoms with E-state index in [4.69, 9.17) is 0 Å². The highest BCUT2D eigenvalue weighted by atomic mass is 32.2. The number of sulfonamides is 1. The van der Waals surface area contributed by atoms with Crippen LogP contribution in [0.5, 0.6) is 0 Å². The van der Waals surface area contributed by atoms with Crippen LogP contribution < -0.4 is 10.0 Å². The monoisotopic (exact) mass is 403 g/mol. The fourth-order valence-corrected chi connectivity index (χ4v) is 3.05. The first kappa shape index (κ1) is 20.6. The third-order valence-corrected chi connectivity index (χ3v) is 5.17. The molecule has 0 aliphatic heterocycles. The molecular weight excluding hydrogens is 387 g/mol. The standard InChI is InChI=1S/C16H16F3N3O4S/c1-20-27(25,26)13-6-7-14(15(10-13)22(23)24)21-9-8-11-2-4-12(5-3-11)16(17,18)19/h2-7,10,20-21H,8-9H2,1H3. The molecule has 0 amide bonds. The third-order valence-electron chi connectivity index (χ3n) is 3.76. The molecule has 2 aromatic rings. The van der Waals surface area contributed by atoms with Crippen LogP contribution in [0.15, 0.2) is 47.4 Å². The van der Waals surface area contributed by atoms with E-state index in [1.807, 2.05) is 0 Å². The minimum absolute atomic E-state index is 0.113. The number of rotatable bonds is 7. The largest absolute Gasteiger partial charge is 0.416 e. The molecule has 0 aromatic heterocycles. The lowest BCUT2D eigenvalue weighted by Gasteiger charge is -2.10. The predicted molar refractivity (Wildman–Crippen MR) is 93.0 cm³/mol. The molecule has 0 spiro atoms. The van der Waals surface area contributed by atoms with Gasteiger partial charge in [0.05, 0.1) is 15.4 Å². The Morgan fingerprint density at radius 1 is 1.11 bits per heavy atom. The zero-order valence-electron chi connectivity index (χ0n) is 14.1. The lowest BCUT2D eigenvalue weighted by Crippen LogP contribution is -2.19. The number of nitrogens with zero attached hydrogens (tertiary/aromatic N) is 1. The van der Waals surface area contributed by atoms with Crippen molar-refractivity contribution in [2.75, 3.05) is 18.9 Å². The average Bonchev–Trinajstić information content (AvgIpc) is 2.61. The highest BCUT2D eigenvalue weighted by Crippen LogP contribution is 2.29. The Kier molecular flexibility index (Phi) is 6.06. The van der Waals surface area contributed by atoms with Crippen molar-refractivity contribution >= 4 is 21.4 Å². The zero-order chi connectivity index (χ0) is 20.2. The number of nitro groups is 1. The minimum atomic E-state index is -4.41. The summed E-state index contributed by atoms with van der Waals surface area (Å²) in [5.74, 6) is 0. The second kappa shape index (κ2) is 7.92. The van der Waals surface area contributed by atoms with Crippen LogP contribution in [0.1, 0.15) is 11.1 Å². The van der Waals surface area contributed by atoms with E-state index in [2.05, 4.69) is 10.0 Å². The molecule has 0 saturated heterocycles. The quantitative estimate of drug-likeness (QED) is 0.546. The van der Waals surface area contributed by atoms with Gasteiger partial charge in [0.15, 0.2) is 0 Å². The average molecular weight is 403 g/mol. The Balaban J connectivity index is 2.10. The molecule has 0 atom stereocenters. The van der Waals surface area contributed by atoms with E-state index in [0.717, 1.165) is 18.2 Å². The molecule has 0 aliphatic carbocycles. The van der Waals surface area contributed by atoms with E-state index in [0.29, 0.717) is 12.0 Å². The number of hydrogen-bond donors (Lipinski definition) is 2. The molecule has 0 radical (unpaired) electrons. The van der Waals surface area contributed by atoms with Crippen molar-refractivity contribution in [2.45, 2.75) is 17.5 Å². The Bertz CT molecular complexity index is 929. The highest BCUT2D eigenvalue weighted by Gasteiger charge is 2.29. The van der Waals surface area contributed by atoms with E-state index in [9.17, 15) is 31.7 Å². The first-order valence-electron chi connectivity index (χ1n) is 7.66. The van der Waals surface area contributed by atoms with E-state index in [1.165, 1.54) is 31.3 Å². The molecule has 0 fully saturated rings. The van der Waals surface area contributed by atoms with Crippen LogP contribution in [0, 0.1) is 10.1 Å². The Morgan fingerprint density at radius 2 is 1.74 bits per heavy atom. The third kappa shape index (κ3) is 5.17. The molecule has 0 heterocycles. The van der Waals surface area contributed by atoms with Gasteiger partial charge < -0.3 is 5.32 Å². The van der Waals surface area contributed by atoms with Crippen LogP contribution in [-0.4, -0.2) is 26.9 Å². The molecule has 2 aromatic carbocycles. The van der Waals surface area contributed by atoms with Gasteiger partial charge >= 0.3 is 6.18 Å². The molecule has 0 aliphatic rings. The minimum Gasteiger partial charge on any atom is -0.379 e. The van der Waals surface area contributed by atoms with Crippen molar-refractivity contribution in [2.24, 2.45) is 0 Å². The van der Waals surface area contributed by atoms with Gasteiger partial charge in [0.2, 0.25) is 10.0 Å². The van der Waals surface area contributed by atoms with Crippen molar-refractivity contribution in [3.63, 3.8) is 0 Å². The summed E-state index contributed by atoms with van der Waals surface area (Å²) in [6.45, 7) is 0.213. The Labute approximate surface area is 153 Å². The van der Waals surface area contributed by atoms with Gasteiger partial charge in [-0.05, 0) is 43.3 Å². The number of hydrogen-bond acceptors (Lipinski definition) is 5. The smallest absolute Gasteiger partial charge is 0.379 e. The maximum atomic E-state index is 12.5. The molecule has 0 bridgehead atoms. The zero-order valence-corrected chi connectivity index (χ0v) is 14.9. The summed E-state index contributed by atoms with van der Waals surface area (Å²) >= 11 is 0.